The van der Waals surface area contributed by atoms with Gasteiger partial charge in [0.25, 0.3) is 5.91 Å². The first-order valence-electron chi connectivity index (χ1n) is 7.06. The highest BCUT2D eigenvalue weighted by Crippen LogP contribution is 2.10. The first-order valence-corrected chi connectivity index (χ1v) is 7.06. The number of aryl methyl sites for hydroxylation is 1. The zero-order valence-corrected chi connectivity index (χ0v) is 12.3. The van der Waals surface area contributed by atoms with Gasteiger partial charge in [0.05, 0.1) is 0 Å². The van der Waals surface area contributed by atoms with Crippen molar-refractivity contribution in [3.8, 4) is 0 Å². The van der Waals surface area contributed by atoms with E-state index in [0.717, 1.165) is 23.8 Å². The molecule has 2 aromatic carbocycles. The molecule has 0 saturated heterocycles. The molecular formula is C17H16F2N2O2. The Morgan fingerprint density at radius 1 is 1.04 bits per heavy atom. The molecule has 0 bridgehead atoms. The Balaban J connectivity index is 2.02. The minimum atomic E-state index is -1.13. The summed E-state index contributed by atoms with van der Waals surface area (Å²) in [6.07, 6.45) is 0.862. The summed E-state index contributed by atoms with van der Waals surface area (Å²) in [5.74, 6) is -3.53. The number of benzene rings is 2. The van der Waals surface area contributed by atoms with Crippen LogP contribution in [-0.4, -0.2) is 17.9 Å². The van der Waals surface area contributed by atoms with Crippen molar-refractivity contribution in [2.45, 2.75) is 18.9 Å². The van der Waals surface area contributed by atoms with Crippen molar-refractivity contribution >= 4 is 11.8 Å². The molecule has 120 valence electrons. The second-order valence-corrected chi connectivity index (χ2v) is 5.08. The number of amides is 2. The number of carbonyl (C=O) groups excluding carboxylic acids is 2. The van der Waals surface area contributed by atoms with Crippen LogP contribution in [0.3, 0.4) is 0 Å². The van der Waals surface area contributed by atoms with Crippen molar-refractivity contribution in [1.82, 2.24) is 5.32 Å². The van der Waals surface area contributed by atoms with Gasteiger partial charge in [0.1, 0.15) is 6.04 Å². The quantitative estimate of drug-likeness (QED) is 0.857. The Bertz CT molecular complexity index is 705. The topological polar surface area (TPSA) is 72.2 Å². The summed E-state index contributed by atoms with van der Waals surface area (Å²) in [4.78, 5) is 23.5. The average Bonchev–Trinajstić information content (AvgIpc) is 2.54. The molecule has 0 spiro atoms. The van der Waals surface area contributed by atoms with E-state index in [1.165, 1.54) is 0 Å². The summed E-state index contributed by atoms with van der Waals surface area (Å²) in [6, 6.07) is 11.3. The predicted octanol–water partition coefficient (Wildman–Crippen LogP) is 2.18. The third kappa shape index (κ3) is 4.60. The largest absolute Gasteiger partial charge is 0.368 e. The monoisotopic (exact) mass is 318 g/mol. The van der Waals surface area contributed by atoms with Crippen LogP contribution < -0.4 is 11.1 Å². The molecule has 0 aliphatic heterocycles. The van der Waals surface area contributed by atoms with E-state index in [1.807, 2.05) is 30.3 Å². The Morgan fingerprint density at radius 2 is 1.74 bits per heavy atom. The summed E-state index contributed by atoms with van der Waals surface area (Å²) in [5.41, 5.74) is 6.22. The lowest BCUT2D eigenvalue weighted by Gasteiger charge is -2.15. The second kappa shape index (κ2) is 7.49. The molecule has 0 aliphatic rings. The molecule has 0 heterocycles. The number of hydrogen-bond donors (Lipinski definition) is 2. The van der Waals surface area contributed by atoms with Crippen LogP contribution in [0.4, 0.5) is 8.78 Å². The van der Waals surface area contributed by atoms with E-state index in [9.17, 15) is 18.4 Å². The van der Waals surface area contributed by atoms with Gasteiger partial charge in [-0.25, -0.2) is 8.78 Å². The fourth-order valence-electron chi connectivity index (χ4n) is 2.12. The number of nitrogens with one attached hydrogen (secondary N) is 1. The summed E-state index contributed by atoms with van der Waals surface area (Å²) in [6.45, 7) is 0. The number of rotatable bonds is 6. The van der Waals surface area contributed by atoms with Gasteiger partial charge in [0, 0.05) is 5.56 Å². The van der Waals surface area contributed by atoms with Gasteiger partial charge in [-0.05, 0) is 36.6 Å². The van der Waals surface area contributed by atoms with Crippen molar-refractivity contribution in [2.75, 3.05) is 0 Å². The van der Waals surface area contributed by atoms with Crippen LogP contribution in [-0.2, 0) is 11.2 Å². The molecule has 0 aliphatic carbocycles. The van der Waals surface area contributed by atoms with E-state index in [-0.39, 0.29) is 5.56 Å². The van der Waals surface area contributed by atoms with Crippen LogP contribution in [0.1, 0.15) is 22.3 Å². The Labute approximate surface area is 132 Å². The van der Waals surface area contributed by atoms with E-state index >= 15 is 0 Å². The third-order valence-corrected chi connectivity index (χ3v) is 3.40. The van der Waals surface area contributed by atoms with E-state index in [2.05, 4.69) is 5.32 Å². The molecule has 4 nitrogen and oxygen atoms in total. The number of carbonyl (C=O) groups is 2. The van der Waals surface area contributed by atoms with Crippen molar-refractivity contribution in [1.29, 1.82) is 0 Å². The van der Waals surface area contributed by atoms with E-state index in [0.29, 0.717) is 12.8 Å². The fraction of sp³-hybridized carbons (Fsp3) is 0.176. The molecule has 6 heteroatoms. The standard InChI is InChI=1S/C17H16F2N2O2/c18-13-8-7-12(10-14(13)19)17(23)21-15(16(20)22)9-6-11-4-2-1-3-5-11/h1-5,7-8,10,15H,6,9H2,(H2,20,22)(H,21,23)/t15-/m0/s1. The predicted molar refractivity (Wildman–Crippen MR) is 81.6 cm³/mol. The first kappa shape index (κ1) is 16.6. The molecule has 0 unspecified atom stereocenters. The molecule has 1 atom stereocenters. The normalized spacial score (nSPS) is 11.7. The molecule has 0 fully saturated rings. The first-order chi connectivity index (χ1) is 11.0. The lowest BCUT2D eigenvalue weighted by Crippen LogP contribution is -2.44. The molecule has 0 saturated carbocycles. The van der Waals surface area contributed by atoms with Gasteiger partial charge < -0.3 is 11.1 Å². The van der Waals surface area contributed by atoms with Crippen LogP contribution in [0.5, 0.6) is 0 Å². The lowest BCUT2D eigenvalue weighted by atomic mass is 10.0. The molecule has 23 heavy (non-hydrogen) atoms. The molecule has 3 N–H and O–H groups in total. The highest BCUT2D eigenvalue weighted by Gasteiger charge is 2.19. The maximum atomic E-state index is 13.2. The molecule has 0 aromatic heterocycles. The summed E-state index contributed by atoms with van der Waals surface area (Å²) < 4.78 is 26.0. The maximum Gasteiger partial charge on any atom is 0.252 e. The van der Waals surface area contributed by atoms with Crippen molar-refractivity contribution in [3.63, 3.8) is 0 Å². The van der Waals surface area contributed by atoms with Crippen molar-refractivity contribution in [3.05, 3.63) is 71.3 Å². The van der Waals surface area contributed by atoms with Gasteiger partial charge in [-0.1, -0.05) is 30.3 Å². The number of nitrogens with two attached hydrogens (primary N) is 1. The average molecular weight is 318 g/mol. The van der Waals surface area contributed by atoms with Crippen LogP contribution in [0.15, 0.2) is 48.5 Å². The van der Waals surface area contributed by atoms with Gasteiger partial charge in [-0.2, -0.15) is 0 Å². The van der Waals surface area contributed by atoms with Gasteiger partial charge in [-0.3, -0.25) is 9.59 Å². The molecule has 2 amide bonds. The van der Waals surface area contributed by atoms with Gasteiger partial charge in [0.15, 0.2) is 11.6 Å². The van der Waals surface area contributed by atoms with Crippen LogP contribution >= 0.6 is 0 Å². The van der Waals surface area contributed by atoms with Crippen LogP contribution in [0.25, 0.3) is 0 Å². The van der Waals surface area contributed by atoms with Crippen LogP contribution in [0.2, 0.25) is 0 Å². The highest BCUT2D eigenvalue weighted by atomic mass is 19.2. The Hall–Kier alpha value is -2.76. The lowest BCUT2D eigenvalue weighted by molar-refractivity contribution is -0.120. The summed E-state index contributed by atoms with van der Waals surface area (Å²) >= 11 is 0. The molecule has 2 aromatic rings. The summed E-state index contributed by atoms with van der Waals surface area (Å²) in [5, 5.41) is 2.45. The zero-order valence-electron chi connectivity index (χ0n) is 12.3. The van der Waals surface area contributed by atoms with Crippen molar-refractivity contribution in [2.24, 2.45) is 5.73 Å². The SMILES string of the molecule is NC(=O)[C@H](CCc1ccccc1)NC(=O)c1ccc(F)c(F)c1. The fourth-order valence-corrected chi connectivity index (χ4v) is 2.12. The second-order valence-electron chi connectivity index (χ2n) is 5.08. The van der Waals surface area contributed by atoms with Crippen molar-refractivity contribution < 1.29 is 18.4 Å². The Kier molecular flexibility index (Phi) is 5.41. The number of halogens is 2. The highest BCUT2D eigenvalue weighted by molar-refractivity contribution is 5.97. The molecule has 2 rings (SSSR count). The van der Waals surface area contributed by atoms with E-state index in [1.54, 1.807) is 0 Å². The van der Waals surface area contributed by atoms with Gasteiger partial charge in [-0.15, -0.1) is 0 Å². The molecular weight excluding hydrogens is 302 g/mol. The molecule has 0 radical (unpaired) electrons. The van der Waals surface area contributed by atoms with Gasteiger partial charge in [0.2, 0.25) is 5.91 Å². The smallest absolute Gasteiger partial charge is 0.252 e. The number of hydrogen-bond acceptors (Lipinski definition) is 2. The van der Waals surface area contributed by atoms with E-state index in [4.69, 9.17) is 5.73 Å². The van der Waals surface area contributed by atoms with E-state index < -0.39 is 29.5 Å². The number of primary amides is 1. The maximum absolute atomic E-state index is 13.2. The van der Waals surface area contributed by atoms with Gasteiger partial charge >= 0.3 is 0 Å². The Morgan fingerprint density at radius 3 is 2.35 bits per heavy atom. The minimum Gasteiger partial charge on any atom is -0.368 e. The zero-order chi connectivity index (χ0) is 16.8. The van der Waals surface area contributed by atoms with Crippen LogP contribution in [0, 0.1) is 11.6 Å². The summed E-state index contributed by atoms with van der Waals surface area (Å²) in [7, 11) is 0. The minimum absolute atomic E-state index is 0.0742. The third-order valence-electron chi connectivity index (χ3n) is 3.40.